The SMILES string of the molecule is CC(NC(=O)c1c[nH]c2ccc([N+](=O)[O-])cc12)c1cccc(Br)c1. The number of carbonyl (C=O) groups excluding carboxylic acids is 1. The number of nitrogens with one attached hydrogen (secondary N) is 2. The molecule has 7 heteroatoms. The van der Waals surface area contributed by atoms with E-state index in [9.17, 15) is 14.9 Å². The van der Waals surface area contributed by atoms with Gasteiger partial charge in [0, 0.05) is 33.7 Å². The predicted octanol–water partition coefficient (Wildman–Crippen LogP) is 4.33. The molecular weight excluding hydrogens is 374 g/mol. The molecule has 3 rings (SSSR count). The van der Waals surface area contributed by atoms with Crippen LogP contribution in [0.15, 0.2) is 53.1 Å². The Labute approximate surface area is 146 Å². The molecule has 0 aliphatic heterocycles. The molecule has 0 saturated heterocycles. The van der Waals surface area contributed by atoms with Gasteiger partial charge in [0.1, 0.15) is 0 Å². The highest BCUT2D eigenvalue weighted by molar-refractivity contribution is 9.10. The van der Waals surface area contributed by atoms with Crippen LogP contribution in [0.2, 0.25) is 0 Å². The van der Waals surface area contributed by atoms with Crippen molar-refractivity contribution in [3.05, 3.63) is 74.4 Å². The Morgan fingerprint density at radius 2 is 2.08 bits per heavy atom. The number of amides is 1. The number of fused-ring (bicyclic) bond motifs is 1. The topological polar surface area (TPSA) is 88.0 Å². The van der Waals surface area contributed by atoms with E-state index < -0.39 is 4.92 Å². The Balaban J connectivity index is 1.88. The number of nitro benzene ring substituents is 1. The maximum atomic E-state index is 12.6. The summed E-state index contributed by atoms with van der Waals surface area (Å²) in [5, 5.41) is 14.4. The number of hydrogen-bond acceptors (Lipinski definition) is 3. The van der Waals surface area contributed by atoms with Crippen LogP contribution in [0.3, 0.4) is 0 Å². The Morgan fingerprint density at radius 3 is 2.79 bits per heavy atom. The van der Waals surface area contributed by atoms with Gasteiger partial charge in [0.25, 0.3) is 11.6 Å². The highest BCUT2D eigenvalue weighted by atomic mass is 79.9. The molecule has 122 valence electrons. The van der Waals surface area contributed by atoms with Crippen molar-refractivity contribution in [1.29, 1.82) is 0 Å². The fourth-order valence-electron chi connectivity index (χ4n) is 2.54. The maximum absolute atomic E-state index is 12.6. The second kappa shape index (κ2) is 6.45. The summed E-state index contributed by atoms with van der Waals surface area (Å²) >= 11 is 3.41. The van der Waals surface area contributed by atoms with Gasteiger partial charge in [0.05, 0.1) is 16.5 Å². The largest absolute Gasteiger partial charge is 0.360 e. The van der Waals surface area contributed by atoms with E-state index in [0.717, 1.165) is 10.0 Å². The standard InChI is InChI=1S/C17H14BrN3O3/c1-10(11-3-2-4-12(18)7-11)20-17(22)15-9-19-16-6-5-13(21(23)24)8-14(15)16/h2-10,19H,1H3,(H,20,22). The smallest absolute Gasteiger partial charge is 0.270 e. The van der Waals surface area contributed by atoms with Gasteiger partial charge in [-0.1, -0.05) is 28.1 Å². The molecular formula is C17H14BrN3O3. The molecule has 1 aromatic heterocycles. The summed E-state index contributed by atoms with van der Waals surface area (Å²) < 4.78 is 0.934. The van der Waals surface area contributed by atoms with Crippen LogP contribution in [-0.2, 0) is 0 Å². The zero-order chi connectivity index (χ0) is 17.3. The molecule has 6 nitrogen and oxygen atoms in total. The van der Waals surface area contributed by atoms with Gasteiger partial charge in [-0.2, -0.15) is 0 Å². The Kier molecular flexibility index (Phi) is 4.35. The van der Waals surface area contributed by atoms with Gasteiger partial charge in [-0.25, -0.2) is 0 Å². The second-order valence-corrected chi connectivity index (χ2v) is 6.36. The Morgan fingerprint density at radius 1 is 1.29 bits per heavy atom. The molecule has 2 N–H and O–H groups in total. The first-order chi connectivity index (χ1) is 11.5. The fraction of sp³-hybridized carbons (Fsp3) is 0.118. The second-order valence-electron chi connectivity index (χ2n) is 5.44. The van der Waals surface area contributed by atoms with Crippen molar-refractivity contribution >= 4 is 38.4 Å². The number of nitrogens with zero attached hydrogens (tertiary/aromatic N) is 1. The van der Waals surface area contributed by atoms with Crippen molar-refractivity contribution in [2.24, 2.45) is 0 Å². The van der Waals surface area contributed by atoms with Crippen molar-refractivity contribution in [3.63, 3.8) is 0 Å². The number of H-pyrrole nitrogens is 1. The highest BCUT2D eigenvalue weighted by Gasteiger charge is 2.17. The highest BCUT2D eigenvalue weighted by Crippen LogP contribution is 2.24. The lowest BCUT2D eigenvalue weighted by Crippen LogP contribution is -2.26. The van der Waals surface area contributed by atoms with Crippen LogP contribution in [0.4, 0.5) is 5.69 Å². The lowest BCUT2D eigenvalue weighted by atomic mass is 10.1. The van der Waals surface area contributed by atoms with Crippen LogP contribution in [0.1, 0.15) is 28.9 Å². The molecule has 1 unspecified atom stereocenters. The molecule has 0 fully saturated rings. The van der Waals surface area contributed by atoms with Gasteiger partial charge in [-0.3, -0.25) is 14.9 Å². The number of hydrogen-bond donors (Lipinski definition) is 2. The van der Waals surface area contributed by atoms with Gasteiger partial charge >= 0.3 is 0 Å². The van der Waals surface area contributed by atoms with Crippen LogP contribution < -0.4 is 5.32 Å². The number of nitro groups is 1. The number of benzene rings is 2. The van der Waals surface area contributed by atoms with Crippen LogP contribution in [-0.4, -0.2) is 15.8 Å². The lowest BCUT2D eigenvalue weighted by molar-refractivity contribution is -0.384. The zero-order valence-corrected chi connectivity index (χ0v) is 14.3. The van der Waals surface area contributed by atoms with Crippen molar-refractivity contribution in [2.45, 2.75) is 13.0 Å². The van der Waals surface area contributed by atoms with Crippen molar-refractivity contribution < 1.29 is 9.72 Å². The minimum Gasteiger partial charge on any atom is -0.360 e. The minimum absolute atomic E-state index is 0.0452. The molecule has 0 aliphatic rings. The number of halogens is 1. The molecule has 0 aliphatic carbocycles. The molecule has 0 radical (unpaired) electrons. The molecule has 3 aromatic rings. The average Bonchev–Trinajstić information content (AvgIpc) is 2.97. The van der Waals surface area contributed by atoms with E-state index in [4.69, 9.17) is 0 Å². The summed E-state index contributed by atoms with van der Waals surface area (Å²) in [6, 6.07) is 11.9. The summed E-state index contributed by atoms with van der Waals surface area (Å²) in [5.74, 6) is -0.283. The van der Waals surface area contributed by atoms with Gasteiger partial charge < -0.3 is 10.3 Å². The fourth-order valence-corrected chi connectivity index (χ4v) is 2.96. The molecule has 2 aromatic carbocycles. The van der Waals surface area contributed by atoms with Gasteiger partial charge in [-0.15, -0.1) is 0 Å². The van der Waals surface area contributed by atoms with E-state index >= 15 is 0 Å². The maximum Gasteiger partial charge on any atom is 0.270 e. The summed E-state index contributed by atoms with van der Waals surface area (Å²) in [5.41, 5.74) is 1.98. The first-order valence-electron chi connectivity index (χ1n) is 7.27. The van der Waals surface area contributed by atoms with Crippen LogP contribution in [0.25, 0.3) is 10.9 Å². The summed E-state index contributed by atoms with van der Waals surface area (Å²) in [6.45, 7) is 1.89. The summed E-state index contributed by atoms with van der Waals surface area (Å²) in [6.07, 6.45) is 1.57. The minimum atomic E-state index is -0.474. The van der Waals surface area contributed by atoms with Crippen molar-refractivity contribution in [3.8, 4) is 0 Å². The lowest BCUT2D eigenvalue weighted by Gasteiger charge is -2.14. The number of aromatic nitrogens is 1. The quantitative estimate of drug-likeness (QED) is 0.515. The van der Waals surface area contributed by atoms with E-state index in [-0.39, 0.29) is 17.6 Å². The summed E-state index contributed by atoms with van der Waals surface area (Å²) in [4.78, 5) is 26.0. The zero-order valence-electron chi connectivity index (χ0n) is 12.7. The van der Waals surface area contributed by atoms with Crippen LogP contribution in [0, 0.1) is 10.1 Å². The molecule has 1 atom stereocenters. The number of carbonyl (C=O) groups is 1. The van der Waals surface area contributed by atoms with Gasteiger partial charge in [0.15, 0.2) is 0 Å². The number of rotatable bonds is 4. The van der Waals surface area contributed by atoms with Gasteiger partial charge in [-0.05, 0) is 30.7 Å². The van der Waals surface area contributed by atoms with Crippen LogP contribution in [0.5, 0.6) is 0 Å². The van der Waals surface area contributed by atoms with E-state index in [1.54, 1.807) is 12.3 Å². The molecule has 1 heterocycles. The van der Waals surface area contributed by atoms with Crippen molar-refractivity contribution in [1.82, 2.24) is 10.3 Å². The first-order valence-corrected chi connectivity index (χ1v) is 8.07. The predicted molar refractivity (Wildman–Crippen MR) is 95.0 cm³/mol. The Hall–Kier alpha value is -2.67. The summed E-state index contributed by atoms with van der Waals surface area (Å²) in [7, 11) is 0. The van der Waals surface area contributed by atoms with E-state index in [2.05, 4.69) is 26.2 Å². The van der Waals surface area contributed by atoms with E-state index in [0.29, 0.717) is 16.5 Å². The van der Waals surface area contributed by atoms with E-state index in [1.807, 2.05) is 31.2 Å². The van der Waals surface area contributed by atoms with Crippen LogP contribution >= 0.6 is 15.9 Å². The average molecular weight is 388 g/mol. The Bertz CT molecular complexity index is 936. The van der Waals surface area contributed by atoms with Gasteiger partial charge in [0.2, 0.25) is 0 Å². The third-order valence-corrected chi connectivity index (χ3v) is 4.31. The molecule has 24 heavy (non-hydrogen) atoms. The molecule has 0 spiro atoms. The first kappa shape index (κ1) is 16.2. The third kappa shape index (κ3) is 3.16. The molecule has 1 amide bonds. The normalized spacial score (nSPS) is 12.1. The van der Waals surface area contributed by atoms with E-state index in [1.165, 1.54) is 12.1 Å². The van der Waals surface area contributed by atoms with Crippen molar-refractivity contribution in [2.75, 3.05) is 0 Å². The number of non-ortho nitro benzene ring substituents is 1. The monoisotopic (exact) mass is 387 g/mol. The third-order valence-electron chi connectivity index (χ3n) is 3.82. The number of aromatic amines is 1. The molecule has 0 saturated carbocycles. The molecule has 0 bridgehead atoms.